The van der Waals surface area contributed by atoms with Crippen molar-refractivity contribution in [2.24, 2.45) is 0 Å². The van der Waals surface area contributed by atoms with Crippen LogP contribution in [0.3, 0.4) is 0 Å². The van der Waals surface area contributed by atoms with Crippen molar-refractivity contribution in [3.63, 3.8) is 0 Å². The minimum absolute atomic E-state index is 0.152. The fraction of sp³-hybridized carbons (Fsp3) is 0.375. The predicted octanol–water partition coefficient (Wildman–Crippen LogP) is 4.18. The molecule has 0 aliphatic heterocycles. The third-order valence-electron chi connectivity index (χ3n) is 3.48. The fourth-order valence-corrected chi connectivity index (χ4v) is 3.46. The van der Waals surface area contributed by atoms with Gasteiger partial charge >= 0.3 is 0 Å². The topological polar surface area (TPSA) is 56.1 Å². The van der Waals surface area contributed by atoms with Crippen molar-refractivity contribution in [2.45, 2.75) is 25.5 Å². The second-order valence-electron chi connectivity index (χ2n) is 5.17. The molecule has 130 valence electrons. The van der Waals surface area contributed by atoms with Crippen molar-refractivity contribution in [2.75, 3.05) is 24.8 Å². The van der Waals surface area contributed by atoms with E-state index in [1.54, 1.807) is 25.3 Å². The number of carbonyl (C=O) groups is 1. The van der Waals surface area contributed by atoms with E-state index in [0.29, 0.717) is 28.9 Å². The number of hydrogen-bond acceptors (Lipinski definition) is 4. The third kappa shape index (κ3) is 4.89. The van der Waals surface area contributed by atoms with Gasteiger partial charge in [0.25, 0.3) is 0 Å². The highest BCUT2D eigenvalue weighted by Gasteiger charge is 2.14. The number of thioether (sulfide) groups is 1. The molecule has 0 radical (unpaired) electrons. The Balaban J connectivity index is 2.00. The Hall–Kier alpha value is -1.21. The van der Waals surface area contributed by atoms with Crippen molar-refractivity contribution in [3.8, 4) is 0 Å². The average Bonchev–Trinajstić information content (AvgIpc) is 2.80. The number of aromatic nitrogens is 2. The number of imidazole rings is 1. The molecule has 0 spiro atoms. The Morgan fingerprint density at radius 1 is 1.38 bits per heavy atom. The summed E-state index contributed by atoms with van der Waals surface area (Å²) in [7, 11) is 1.66. The van der Waals surface area contributed by atoms with E-state index in [0.717, 1.165) is 16.5 Å². The maximum absolute atomic E-state index is 12.2. The van der Waals surface area contributed by atoms with Gasteiger partial charge in [0.1, 0.15) is 0 Å². The van der Waals surface area contributed by atoms with E-state index in [9.17, 15) is 4.79 Å². The van der Waals surface area contributed by atoms with E-state index in [1.807, 2.05) is 13.8 Å². The van der Waals surface area contributed by atoms with Gasteiger partial charge in [-0.3, -0.25) is 4.79 Å². The van der Waals surface area contributed by atoms with Crippen LogP contribution < -0.4 is 5.32 Å². The molecule has 0 atom stereocenters. The van der Waals surface area contributed by atoms with Gasteiger partial charge in [0.2, 0.25) is 5.91 Å². The standard InChI is InChI=1S/C16H19Cl2N3O2S/c1-10-11(2)21(6-7-23-3)16(19-10)24-9-15(22)20-14-5-4-12(17)8-13(14)18/h4-5,8H,6-7,9H2,1-3H3,(H,20,22). The Bertz CT molecular complexity index is 734. The first-order valence-corrected chi connectivity index (χ1v) is 9.07. The molecule has 5 nitrogen and oxygen atoms in total. The van der Waals surface area contributed by atoms with Gasteiger partial charge in [-0.1, -0.05) is 35.0 Å². The molecule has 1 heterocycles. The molecule has 2 rings (SSSR count). The molecule has 1 aromatic carbocycles. The molecule has 0 saturated heterocycles. The number of nitrogens with one attached hydrogen (secondary N) is 1. The highest BCUT2D eigenvalue weighted by Crippen LogP contribution is 2.26. The molecule has 1 N–H and O–H groups in total. The summed E-state index contributed by atoms with van der Waals surface area (Å²) in [6.07, 6.45) is 0. The van der Waals surface area contributed by atoms with Gasteiger partial charge in [0.15, 0.2) is 5.16 Å². The molecule has 0 aliphatic rings. The molecule has 24 heavy (non-hydrogen) atoms. The average molecular weight is 388 g/mol. The largest absolute Gasteiger partial charge is 0.383 e. The van der Waals surface area contributed by atoms with Crippen LogP contribution in [0.2, 0.25) is 10.0 Å². The molecule has 0 bridgehead atoms. The van der Waals surface area contributed by atoms with Gasteiger partial charge in [-0.05, 0) is 32.0 Å². The molecule has 0 aliphatic carbocycles. The van der Waals surface area contributed by atoms with Crippen LogP contribution in [0.5, 0.6) is 0 Å². The molecule has 0 unspecified atom stereocenters. The highest BCUT2D eigenvalue weighted by atomic mass is 35.5. The molecule has 1 amide bonds. The fourth-order valence-electron chi connectivity index (χ4n) is 2.09. The van der Waals surface area contributed by atoms with E-state index in [-0.39, 0.29) is 11.7 Å². The number of benzene rings is 1. The van der Waals surface area contributed by atoms with Crippen LogP contribution in [0.15, 0.2) is 23.4 Å². The summed E-state index contributed by atoms with van der Waals surface area (Å²) in [5, 5.41) is 4.52. The third-order valence-corrected chi connectivity index (χ3v) is 5.00. The molecule has 1 aromatic heterocycles. The zero-order chi connectivity index (χ0) is 17.7. The lowest BCUT2D eigenvalue weighted by atomic mass is 10.3. The number of carbonyl (C=O) groups excluding carboxylic acids is 1. The minimum Gasteiger partial charge on any atom is -0.383 e. The van der Waals surface area contributed by atoms with Crippen LogP contribution in [0.1, 0.15) is 11.4 Å². The SMILES string of the molecule is COCCn1c(SCC(=O)Nc2ccc(Cl)cc2Cl)nc(C)c1C. The summed E-state index contributed by atoms with van der Waals surface area (Å²) in [6.45, 7) is 5.26. The molecule has 2 aromatic rings. The van der Waals surface area contributed by atoms with Crippen LogP contribution in [0.4, 0.5) is 5.69 Å². The lowest BCUT2D eigenvalue weighted by Gasteiger charge is -2.10. The first kappa shape index (κ1) is 19.1. The number of ether oxygens (including phenoxy) is 1. The van der Waals surface area contributed by atoms with E-state index >= 15 is 0 Å². The second-order valence-corrected chi connectivity index (χ2v) is 6.96. The number of nitrogens with zero attached hydrogens (tertiary/aromatic N) is 2. The van der Waals surface area contributed by atoms with Gasteiger partial charge in [0.05, 0.1) is 28.8 Å². The Labute approximate surface area is 155 Å². The Kier molecular flexibility index (Phi) is 6.98. The highest BCUT2D eigenvalue weighted by molar-refractivity contribution is 7.99. The number of rotatable bonds is 7. The van der Waals surface area contributed by atoms with Gasteiger partial charge < -0.3 is 14.6 Å². The summed E-state index contributed by atoms with van der Waals surface area (Å²) in [5.74, 6) is 0.0859. The van der Waals surface area contributed by atoms with Crippen LogP contribution in [-0.4, -0.2) is 34.9 Å². The number of hydrogen-bond donors (Lipinski definition) is 1. The molecule has 0 saturated carbocycles. The van der Waals surface area contributed by atoms with Gasteiger partial charge in [-0.25, -0.2) is 4.98 Å². The molecule has 8 heteroatoms. The smallest absolute Gasteiger partial charge is 0.234 e. The normalized spacial score (nSPS) is 10.9. The number of aryl methyl sites for hydroxylation is 1. The maximum atomic E-state index is 12.2. The maximum Gasteiger partial charge on any atom is 0.234 e. The molecular weight excluding hydrogens is 369 g/mol. The van der Waals surface area contributed by atoms with Crippen molar-refractivity contribution in [1.82, 2.24) is 9.55 Å². The number of anilines is 1. The van der Waals surface area contributed by atoms with Crippen molar-refractivity contribution in [1.29, 1.82) is 0 Å². The lowest BCUT2D eigenvalue weighted by molar-refractivity contribution is -0.113. The van der Waals surface area contributed by atoms with E-state index in [1.165, 1.54) is 11.8 Å². The molecule has 0 fully saturated rings. The first-order chi connectivity index (χ1) is 11.4. The summed E-state index contributed by atoms with van der Waals surface area (Å²) >= 11 is 13.3. The summed E-state index contributed by atoms with van der Waals surface area (Å²) in [5.41, 5.74) is 2.58. The van der Waals surface area contributed by atoms with Crippen LogP contribution in [-0.2, 0) is 16.1 Å². The quantitative estimate of drug-likeness (QED) is 0.723. The van der Waals surface area contributed by atoms with Crippen molar-refractivity contribution < 1.29 is 9.53 Å². The van der Waals surface area contributed by atoms with Crippen LogP contribution in [0, 0.1) is 13.8 Å². The summed E-state index contributed by atoms with van der Waals surface area (Å²) in [4.78, 5) is 16.7. The molecular formula is C16H19Cl2N3O2S. The van der Waals surface area contributed by atoms with E-state index in [4.69, 9.17) is 27.9 Å². The monoisotopic (exact) mass is 387 g/mol. The number of amides is 1. The summed E-state index contributed by atoms with van der Waals surface area (Å²) in [6, 6.07) is 4.96. The lowest BCUT2D eigenvalue weighted by Crippen LogP contribution is -2.15. The van der Waals surface area contributed by atoms with Crippen molar-refractivity contribution >= 4 is 46.6 Å². The zero-order valence-electron chi connectivity index (χ0n) is 13.7. The zero-order valence-corrected chi connectivity index (χ0v) is 16.1. The Morgan fingerprint density at radius 3 is 2.79 bits per heavy atom. The van der Waals surface area contributed by atoms with E-state index < -0.39 is 0 Å². The predicted molar refractivity (Wildman–Crippen MR) is 99.4 cm³/mol. The van der Waals surface area contributed by atoms with Crippen LogP contribution >= 0.6 is 35.0 Å². The Morgan fingerprint density at radius 2 is 2.12 bits per heavy atom. The van der Waals surface area contributed by atoms with Gasteiger partial charge in [-0.2, -0.15) is 0 Å². The second kappa shape index (κ2) is 8.76. The van der Waals surface area contributed by atoms with E-state index in [2.05, 4.69) is 14.9 Å². The first-order valence-electron chi connectivity index (χ1n) is 7.32. The van der Waals surface area contributed by atoms with Crippen LogP contribution in [0.25, 0.3) is 0 Å². The minimum atomic E-state index is -0.152. The number of methoxy groups -OCH3 is 1. The van der Waals surface area contributed by atoms with Gasteiger partial charge in [0, 0.05) is 24.4 Å². The van der Waals surface area contributed by atoms with Gasteiger partial charge in [-0.15, -0.1) is 0 Å². The van der Waals surface area contributed by atoms with Crippen molar-refractivity contribution in [3.05, 3.63) is 39.6 Å². The number of halogens is 2. The summed E-state index contributed by atoms with van der Waals surface area (Å²) < 4.78 is 7.19.